The van der Waals surface area contributed by atoms with Crippen molar-refractivity contribution < 1.29 is 9.59 Å². The van der Waals surface area contributed by atoms with E-state index in [0.717, 1.165) is 36.2 Å². The number of carbonyl (C=O) groups is 2. The highest BCUT2D eigenvalue weighted by Gasteiger charge is 2.42. The molecule has 2 bridgehead atoms. The molecule has 1 aliphatic heterocycles. The lowest BCUT2D eigenvalue weighted by Gasteiger charge is -2.29. The quantitative estimate of drug-likeness (QED) is 0.806. The van der Waals surface area contributed by atoms with Gasteiger partial charge in [0.1, 0.15) is 6.04 Å². The van der Waals surface area contributed by atoms with E-state index in [9.17, 15) is 9.59 Å². The van der Waals surface area contributed by atoms with Crippen LogP contribution in [0.25, 0.3) is 0 Å². The van der Waals surface area contributed by atoms with Crippen LogP contribution in [-0.2, 0) is 9.59 Å². The zero-order chi connectivity index (χ0) is 19.0. The van der Waals surface area contributed by atoms with E-state index in [2.05, 4.69) is 17.6 Å². The second-order valence-electron chi connectivity index (χ2n) is 8.70. The fraction of sp³-hybridized carbons (Fsp3) is 0.636. The predicted octanol–water partition coefficient (Wildman–Crippen LogP) is 3.55. The second kappa shape index (κ2) is 7.53. The minimum absolute atomic E-state index is 0.0593. The van der Waals surface area contributed by atoms with Crippen molar-refractivity contribution in [2.45, 2.75) is 64.5 Å². The Labute approximate surface area is 161 Å². The Kier molecular flexibility index (Phi) is 5.11. The maximum atomic E-state index is 12.6. The van der Waals surface area contributed by atoms with Crippen molar-refractivity contribution in [3.63, 3.8) is 0 Å². The summed E-state index contributed by atoms with van der Waals surface area (Å²) in [6, 6.07) is 7.77. The van der Waals surface area contributed by atoms with Gasteiger partial charge >= 0.3 is 0 Å². The van der Waals surface area contributed by atoms with E-state index < -0.39 is 0 Å². The number of hydrogen-bond donors (Lipinski definition) is 2. The van der Waals surface area contributed by atoms with Gasteiger partial charge in [-0.25, -0.2) is 0 Å². The molecule has 3 aliphatic rings. The van der Waals surface area contributed by atoms with Crippen LogP contribution in [0.1, 0.15) is 52.4 Å². The third-order valence-corrected chi connectivity index (χ3v) is 6.83. The number of carbonyl (C=O) groups excluding carboxylic acids is 2. The van der Waals surface area contributed by atoms with Gasteiger partial charge < -0.3 is 15.5 Å². The van der Waals surface area contributed by atoms with Gasteiger partial charge in [0.25, 0.3) is 0 Å². The summed E-state index contributed by atoms with van der Waals surface area (Å²) in [5.41, 5.74) is 1.84. The Bertz CT molecular complexity index is 702. The number of benzene rings is 1. The van der Waals surface area contributed by atoms with Crippen molar-refractivity contribution in [3.8, 4) is 0 Å². The molecule has 0 spiro atoms. The van der Waals surface area contributed by atoms with Crippen LogP contribution in [0, 0.1) is 17.8 Å². The lowest BCUT2D eigenvalue weighted by Crippen LogP contribution is -2.46. The van der Waals surface area contributed by atoms with E-state index >= 15 is 0 Å². The Morgan fingerprint density at radius 3 is 2.52 bits per heavy atom. The van der Waals surface area contributed by atoms with Crippen LogP contribution in [0.4, 0.5) is 11.4 Å². The lowest BCUT2D eigenvalue weighted by atomic mass is 9.84. The van der Waals surface area contributed by atoms with Crippen molar-refractivity contribution >= 4 is 23.2 Å². The molecule has 5 heteroatoms. The van der Waals surface area contributed by atoms with Gasteiger partial charge in [-0.2, -0.15) is 0 Å². The molecule has 2 amide bonds. The number of fused-ring (bicyclic) bond motifs is 2. The fourth-order valence-electron chi connectivity index (χ4n) is 5.34. The normalized spacial score (nSPS) is 29.0. The van der Waals surface area contributed by atoms with Gasteiger partial charge in [0.05, 0.1) is 0 Å². The number of rotatable bonds is 6. The summed E-state index contributed by atoms with van der Waals surface area (Å²) in [4.78, 5) is 26.3. The second-order valence-corrected chi connectivity index (χ2v) is 8.70. The van der Waals surface area contributed by atoms with Crippen molar-refractivity contribution in [2.24, 2.45) is 17.8 Å². The van der Waals surface area contributed by atoms with Crippen molar-refractivity contribution in [1.29, 1.82) is 0 Å². The van der Waals surface area contributed by atoms with Crippen LogP contribution in [-0.4, -0.2) is 30.4 Å². The van der Waals surface area contributed by atoms with Crippen LogP contribution in [0.15, 0.2) is 24.3 Å². The largest absolute Gasteiger partial charge is 0.374 e. The summed E-state index contributed by atoms with van der Waals surface area (Å²) in [5.74, 6) is 2.62. The first-order chi connectivity index (χ1) is 13.0. The maximum absolute atomic E-state index is 12.6. The van der Waals surface area contributed by atoms with Gasteiger partial charge in [0.15, 0.2) is 0 Å². The molecule has 4 rings (SSSR count). The molecule has 0 aromatic heterocycles. The molecule has 1 heterocycles. The van der Waals surface area contributed by atoms with Crippen molar-refractivity contribution in [1.82, 2.24) is 5.32 Å². The summed E-state index contributed by atoms with van der Waals surface area (Å²) >= 11 is 0. The minimum Gasteiger partial charge on any atom is -0.374 e. The molecule has 2 N–H and O–H groups in total. The molecule has 2 aliphatic carbocycles. The number of hydrogen-bond acceptors (Lipinski definition) is 3. The molecule has 2 saturated carbocycles. The molecule has 5 atom stereocenters. The Morgan fingerprint density at radius 2 is 1.93 bits per heavy atom. The zero-order valence-corrected chi connectivity index (χ0v) is 16.4. The van der Waals surface area contributed by atoms with Crippen LogP contribution < -0.4 is 15.5 Å². The first-order valence-corrected chi connectivity index (χ1v) is 10.5. The molecule has 1 aromatic rings. The number of nitrogens with zero attached hydrogens (tertiary/aromatic N) is 1. The van der Waals surface area contributed by atoms with E-state index in [1.807, 2.05) is 36.1 Å². The molecule has 3 fully saturated rings. The monoisotopic (exact) mass is 369 g/mol. The smallest absolute Gasteiger partial charge is 0.242 e. The van der Waals surface area contributed by atoms with Crippen LogP contribution in [0.5, 0.6) is 0 Å². The molecule has 5 nitrogen and oxygen atoms in total. The van der Waals surface area contributed by atoms with Gasteiger partial charge in [-0.3, -0.25) is 9.59 Å². The third kappa shape index (κ3) is 3.83. The molecule has 1 aromatic carbocycles. The Morgan fingerprint density at radius 1 is 1.15 bits per heavy atom. The van der Waals surface area contributed by atoms with Gasteiger partial charge in [-0.15, -0.1) is 0 Å². The highest BCUT2D eigenvalue weighted by Crippen LogP contribution is 2.49. The first-order valence-electron chi connectivity index (χ1n) is 10.5. The molecule has 146 valence electrons. The SMILES string of the molecule is C[C@H](Nc1ccc(N2CCCC2=O)cc1)C(=O)N[C@@H](C)[C@H]1C[C@H]2CC[C@H]1C2. The van der Waals surface area contributed by atoms with Crippen molar-refractivity contribution in [3.05, 3.63) is 24.3 Å². The van der Waals surface area contributed by atoms with Crippen LogP contribution in [0.3, 0.4) is 0 Å². The summed E-state index contributed by atoms with van der Waals surface area (Å²) in [6.45, 7) is 4.87. The molecular weight excluding hydrogens is 338 g/mol. The Hall–Kier alpha value is -2.04. The van der Waals surface area contributed by atoms with Gasteiger partial charge in [0, 0.05) is 30.4 Å². The summed E-state index contributed by atoms with van der Waals surface area (Å²) < 4.78 is 0. The maximum Gasteiger partial charge on any atom is 0.242 e. The summed E-state index contributed by atoms with van der Waals surface area (Å²) in [5, 5.41) is 6.52. The summed E-state index contributed by atoms with van der Waals surface area (Å²) in [6.07, 6.45) is 6.94. The van der Waals surface area contributed by atoms with Crippen molar-refractivity contribution in [2.75, 3.05) is 16.8 Å². The molecule has 0 unspecified atom stereocenters. The zero-order valence-electron chi connectivity index (χ0n) is 16.4. The molecular formula is C22H31N3O2. The van der Waals surface area contributed by atoms with E-state index in [1.54, 1.807) is 0 Å². The molecule has 1 saturated heterocycles. The van der Waals surface area contributed by atoms with E-state index in [1.165, 1.54) is 25.7 Å². The van der Waals surface area contributed by atoms with E-state index in [0.29, 0.717) is 12.3 Å². The first kappa shape index (κ1) is 18.3. The Balaban J connectivity index is 1.29. The average molecular weight is 370 g/mol. The third-order valence-electron chi connectivity index (χ3n) is 6.83. The predicted molar refractivity (Wildman–Crippen MR) is 108 cm³/mol. The van der Waals surface area contributed by atoms with E-state index in [-0.39, 0.29) is 23.9 Å². The highest BCUT2D eigenvalue weighted by molar-refractivity contribution is 5.95. The van der Waals surface area contributed by atoms with Crippen LogP contribution in [0.2, 0.25) is 0 Å². The average Bonchev–Trinajstić information content (AvgIpc) is 3.39. The topological polar surface area (TPSA) is 61.4 Å². The fourth-order valence-corrected chi connectivity index (χ4v) is 5.34. The molecule has 0 radical (unpaired) electrons. The van der Waals surface area contributed by atoms with Gasteiger partial charge in [-0.1, -0.05) is 6.42 Å². The molecule has 27 heavy (non-hydrogen) atoms. The van der Waals surface area contributed by atoms with Gasteiger partial charge in [0.2, 0.25) is 11.8 Å². The highest BCUT2D eigenvalue weighted by atomic mass is 16.2. The van der Waals surface area contributed by atoms with Crippen LogP contribution >= 0.6 is 0 Å². The lowest BCUT2D eigenvalue weighted by molar-refractivity contribution is -0.122. The summed E-state index contributed by atoms with van der Waals surface area (Å²) in [7, 11) is 0. The number of amides is 2. The number of anilines is 2. The van der Waals surface area contributed by atoms with Gasteiger partial charge in [-0.05, 0) is 81.5 Å². The minimum atomic E-state index is -0.287. The van der Waals surface area contributed by atoms with E-state index in [4.69, 9.17) is 0 Å². The standard InChI is InChI=1S/C22H31N3O2/c1-14(20-13-16-5-6-17(20)12-16)24-22(27)15(2)23-18-7-9-19(10-8-18)25-11-3-4-21(25)26/h7-10,14-17,20,23H,3-6,11-13H2,1-2H3,(H,24,27)/t14-,15-,16-,17-,20+/m0/s1. The number of nitrogens with one attached hydrogen (secondary N) is 2.